The van der Waals surface area contributed by atoms with E-state index in [1.165, 1.54) is 122 Å². The summed E-state index contributed by atoms with van der Waals surface area (Å²) in [5.74, 6) is 0.721. The van der Waals surface area contributed by atoms with Crippen LogP contribution in [0.5, 0.6) is 11.5 Å². The number of carbonyl (C=O) groups is 1. The van der Waals surface area contributed by atoms with Crippen molar-refractivity contribution in [3.8, 4) is 11.5 Å². The van der Waals surface area contributed by atoms with Crippen LogP contribution in [0.3, 0.4) is 0 Å². The molecule has 0 radical (unpaired) electrons. The molecule has 0 heterocycles. The Hall–Kier alpha value is -2.33. The molecule has 0 aliphatic heterocycles. The Balaban J connectivity index is 1.60. The molecule has 0 aromatic heterocycles. The van der Waals surface area contributed by atoms with E-state index < -0.39 is 0 Å². The van der Waals surface area contributed by atoms with Crippen molar-refractivity contribution in [2.45, 2.75) is 162 Å². The smallest absolute Gasteiger partial charge is 0.343 e. The third kappa shape index (κ3) is 17.8. The molecule has 0 fully saturated rings. The van der Waals surface area contributed by atoms with E-state index in [1.807, 2.05) is 42.5 Å². The summed E-state index contributed by atoms with van der Waals surface area (Å²) in [5.41, 5.74) is 1.60. The number of hydrogen-bond donors (Lipinski definition) is 0. The van der Waals surface area contributed by atoms with E-state index in [4.69, 9.17) is 14.2 Å². The first-order chi connectivity index (χ1) is 21.7. The quantitative estimate of drug-likeness (QED) is 0.0547. The zero-order valence-electron chi connectivity index (χ0n) is 28.6. The number of rotatable bonds is 28. The molecule has 0 amide bonds. The molecular formula is C40H64O4. The van der Waals surface area contributed by atoms with Crippen molar-refractivity contribution < 1.29 is 19.0 Å². The lowest BCUT2D eigenvalue weighted by atomic mass is 10.0. The van der Waals surface area contributed by atoms with Gasteiger partial charge in [0, 0.05) is 6.61 Å². The molecule has 1 atom stereocenters. The SMILES string of the molecule is CCCCCCCCCCCCCCCOc1ccccc1OC(=O)c1ccc(C(C)OCCCCCCCCCC)cc1. The van der Waals surface area contributed by atoms with Gasteiger partial charge in [-0.1, -0.05) is 160 Å². The third-order valence-electron chi connectivity index (χ3n) is 8.54. The van der Waals surface area contributed by atoms with Gasteiger partial charge in [0.25, 0.3) is 0 Å². The lowest BCUT2D eigenvalue weighted by Gasteiger charge is -2.14. The van der Waals surface area contributed by atoms with Gasteiger partial charge in [0.05, 0.1) is 18.3 Å². The van der Waals surface area contributed by atoms with Crippen LogP contribution in [0, 0.1) is 0 Å². The van der Waals surface area contributed by atoms with Crippen LogP contribution < -0.4 is 9.47 Å². The molecule has 44 heavy (non-hydrogen) atoms. The highest BCUT2D eigenvalue weighted by Gasteiger charge is 2.14. The van der Waals surface area contributed by atoms with Crippen LogP contribution in [0.2, 0.25) is 0 Å². The molecule has 2 aromatic carbocycles. The number of ether oxygens (including phenoxy) is 3. The number of para-hydroxylation sites is 2. The van der Waals surface area contributed by atoms with E-state index >= 15 is 0 Å². The average Bonchev–Trinajstić information content (AvgIpc) is 3.04. The van der Waals surface area contributed by atoms with E-state index in [9.17, 15) is 4.79 Å². The zero-order valence-corrected chi connectivity index (χ0v) is 28.6. The Morgan fingerprint density at radius 1 is 0.545 bits per heavy atom. The van der Waals surface area contributed by atoms with Gasteiger partial charge in [-0.15, -0.1) is 0 Å². The molecular weight excluding hydrogens is 544 g/mol. The van der Waals surface area contributed by atoms with Crippen molar-refractivity contribution in [2.75, 3.05) is 13.2 Å². The zero-order chi connectivity index (χ0) is 31.5. The highest BCUT2D eigenvalue weighted by molar-refractivity contribution is 5.91. The largest absolute Gasteiger partial charge is 0.490 e. The van der Waals surface area contributed by atoms with E-state index in [0.29, 0.717) is 23.7 Å². The molecule has 0 aliphatic carbocycles. The lowest BCUT2D eigenvalue weighted by molar-refractivity contribution is 0.0625. The van der Waals surface area contributed by atoms with Gasteiger partial charge in [0.1, 0.15) is 0 Å². The van der Waals surface area contributed by atoms with Crippen LogP contribution in [0.4, 0.5) is 0 Å². The number of unbranched alkanes of at least 4 members (excludes halogenated alkanes) is 19. The van der Waals surface area contributed by atoms with Gasteiger partial charge in [0.15, 0.2) is 11.5 Å². The molecule has 0 aliphatic rings. The van der Waals surface area contributed by atoms with Crippen LogP contribution in [-0.2, 0) is 4.74 Å². The van der Waals surface area contributed by atoms with Crippen LogP contribution in [0.15, 0.2) is 48.5 Å². The van der Waals surface area contributed by atoms with Gasteiger partial charge in [-0.25, -0.2) is 4.79 Å². The summed E-state index contributed by atoms with van der Waals surface area (Å²) in [6.07, 6.45) is 27.6. The summed E-state index contributed by atoms with van der Waals surface area (Å²) in [6, 6.07) is 15.0. The Kier molecular flexibility index (Phi) is 22.3. The lowest BCUT2D eigenvalue weighted by Crippen LogP contribution is -2.10. The average molecular weight is 609 g/mol. The Bertz CT molecular complexity index is 954. The van der Waals surface area contributed by atoms with Gasteiger partial charge >= 0.3 is 5.97 Å². The minimum absolute atomic E-state index is 0.00357. The maximum absolute atomic E-state index is 12.9. The predicted molar refractivity (Wildman–Crippen MR) is 186 cm³/mol. The van der Waals surface area contributed by atoms with Crippen LogP contribution in [-0.4, -0.2) is 19.2 Å². The van der Waals surface area contributed by atoms with Crippen molar-refractivity contribution in [1.82, 2.24) is 0 Å². The topological polar surface area (TPSA) is 44.8 Å². The standard InChI is InChI=1S/C40H64O4/c1-4-6-8-10-12-14-15-16-17-18-20-22-26-34-43-38-27-23-24-28-39(38)44-40(41)37-31-29-36(30-32-37)35(3)42-33-25-21-19-13-11-9-7-5-2/h23-24,27-32,35H,4-22,25-26,33-34H2,1-3H3. The first-order valence-corrected chi connectivity index (χ1v) is 18.3. The number of benzene rings is 2. The first-order valence-electron chi connectivity index (χ1n) is 18.3. The first kappa shape index (κ1) is 37.9. The van der Waals surface area contributed by atoms with Crippen molar-refractivity contribution in [2.24, 2.45) is 0 Å². The minimum atomic E-state index is -0.374. The molecule has 0 N–H and O–H groups in total. The van der Waals surface area contributed by atoms with Gasteiger partial charge < -0.3 is 14.2 Å². The van der Waals surface area contributed by atoms with E-state index in [1.54, 1.807) is 6.07 Å². The van der Waals surface area contributed by atoms with Gasteiger partial charge in [-0.3, -0.25) is 0 Å². The van der Waals surface area contributed by atoms with E-state index in [-0.39, 0.29) is 12.1 Å². The fraction of sp³-hybridized carbons (Fsp3) is 0.675. The molecule has 2 rings (SSSR count). The highest BCUT2D eigenvalue weighted by Crippen LogP contribution is 2.28. The molecule has 4 nitrogen and oxygen atoms in total. The summed E-state index contributed by atoms with van der Waals surface area (Å²) < 4.78 is 17.8. The van der Waals surface area contributed by atoms with Gasteiger partial charge in [-0.05, 0) is 49.6 Å². The van der Waals surface area contributed by atoms with E-state index in [2.05, 4.69) is 20.8 Å². The monoisotopic (exact) mass is 608 g/mol. The number of esters is 1. The highest BCUT2D eigenvalue weighted by atomic mass is 16.6. The van der Waals surface area contributed by atoms with Crippen molar-refractivity contribution in [1.29, 1.82) is 0 Å². The summed E-state index contributed by atoms with van der Waals surface area (Å²) >= 11 is 0. The Morgan fingerprint density at radius 3 is 1.48 bits per heavy atom. The Morgan fingerprint density at radius 2 is 0.977 bits per heavy atom. The molecule has 0 saturated carbocycles. The molecule has 4 heteroatoms. The van der Waals surface area contributed by atoms with Crippen LogP contribution in [0.25, 0.3) is 0 Å². The van der Waals surface area contributed by atoms with Crippen molar-refractivity contribution in [3.63, 3.8) is 0 Å². The fourth-order valence-corrected chi connectivity index (χ4v) is 5.60. The maximum Gasteiger partial charge on any atom is 0.343 e. The summed E-state index contributed by atoms with van der Waals surface area (Å²) in [6.45, 7) is 8.02. The van der Waals surface area contributed by atoms with Gasteiger partial charge in [0.2, 0.25) is 0 Å². The minimum Gasteiger partial charge on any atom is -0.490 e. The molecule has 2 aromatic rings. The second-order valence-electron chi connectivity index (χ2n) is 12.5. The normalized spacial score (nSPS) is 11.9. The molecule has 0 saturated heterocycles. The van der Waals surface area contributed by atoms with Gasteiger partial charge in [-0.2, -0.15) is 0 Å². The summed E-state index contributed by atoms with van der Waals surface area (Å²) in [5, 5.41) is 0. The molecule has 1 unspecified atom stereocenters. The number of hydrogen-bond acceptors (Lipinski definition) is 4. The van der Waals surface area contributed by atoms with Crippen molar-refractivity contribution >= 4 is 5.97 Å². The second kappa shape index (κ2) is 25.9. The molecule has 248 valence electrons. The summed E-state index contributed by atoms with van der Waals surface area (Å²) in [7, 11) is 0. The van der Waals surface area contributed by atoms with Crippen molar-refractivity contribution in [3.05, 3.63) is 59.7 Å². The summed E-state index contributed by atoms with van der Waals surface area (Å²) in [4.78, 5) is 12.9. The van der Waals surface area contributed by atoms with E-state index in [0.717, 1.165) is 25.0 Å². The third-order valence-corrected chi connectivity index (χ3v) is 8.54. The molecule has 0 bridgehead atoms. The molecule has 0 spiro atoms. The van der Waals surface area contributed by atoms with Crippen LogP contribution in [0.1, 0.15) is 178 Å². The van der Waals surface area contributed by atoms with Crippen LogP contribution >= 0.6 is 0 Å². The predicted octanol–water partition coefficient (Wildman–Crippen LogP) is 12.6. The second-order valence-corrected chi connectivity index (χ2v) is 12.5. The Labute approximate surface area is 270 Å². The fourth-order valence-electron chi connectivity index (χ4n) is 5.60. The maximum atomic E-state index is 12.9. The number of carbonyl (C=O) groups excluding carboxylic acids is 1.